The Bertz CT molecular complexity index is 442. The van der Waals surface area contributed by atoms with Gasteiger partial charge in [-0.15, -0.1) is 0 Å². The summed E-state index contributed by atoms with van der Waals surface area (Å²) >= 11 is 0. The van der Waals surface area contributed by atoms with E-state index < -0.39 is 0 Å². The summed E-state index contributed by atoms with van der Waals surface area (Å²) in [6.07, 6.45) is 0.603. The number of nitrogens with one attached hydrogen (secondary N) is 1. The van der Waals surface area contributed by atoms with Crippen molar-refractivity contribution in [1.82, 2.24) is 10.2 Å². The van der Waals surface area contributed by atoms with E-state index in [1.54, 1.807) is 0 Å². The lowest BCUT2D eigenvalue weighted by Gasteiger charge is -2.32. The maximum atomic E-state index is 12.3. The normalized spacial score (nSPS) is 20.9. The fourth-order valence-electron chi connectivity index (χ4n) is 2.34. The molecule has 0 aliphatic carbocycles. The van der Waals surface area contributed by atoms with Crippen LogP contribution < -0.4 is 5.32 Å². The third kappa shape index (κ3) is 2.98. The van der Waals surface area contributed by atoms with E-state index in [0.29, 0.717) is 12.5 Å². The largest absolute Gasteiger partial charge is 0.314 e. The zero-order chi connectivity index (χ0) is 13.1. The van der Waals surface area contributed by atoms with Crippen molar-refractivity contribution in [2.75, 3.05) is 26.7 Å². The van der Waals surface area contributed by atoms with Gasteiger partial charge in [0, 0.05) is 37.7 Å². The average Bonchev–Trinajstić information content (AvgIpc) is 2.35. The minimum atomic E-state index is 0.249. The first-order valence-electron chi connectivity index (χ1n) is 6.59. The van der Waals surface area contributed by atoms with Crippen LogP contribution in [0, 0.1) is 13.8 Å². The van der Waals surface area contributed by atoms with Crippen LogP contribution in [0.4, 0.5) is 0 Å². The number of ketones is 1. The highest BCUT2D eigenvalue weighted by Crippen LogP contribution is 2.14. The standard InChI is InChI=1S/C15H22N2O/c1-11-4-5-13(8-12(11)2)15(18)9-14-10-16-6-7-17(14)3/h4-5,8,14,16H,6-7,9-10H2,1-3H3. The van der Waals surface area contributed by atoms with Gasteiger partial charge in [-0.25, -0.2) is 0 Å². The smallest absolute Gasteiger partial charge is 0.164 e. The van der Waals surface area contributed by atoms with Crippen molar-refractivity contribution in [2.24, 2.45) is 0 Å². The summed E-state index contributed by atoms with van der Waals surface area (Å²) in [5.41, 5.74) is 3.27. The molecule has 0 spiro atoms. The van der Waals surface area contributed by atoms with Crippen molar-refractivity contribution in [1.29, 1.82) is 0 Å². The number of carbonyl (C=O) groups excluding carboxylic acids is 1. The molecule has 0 amide bonds. The second-order valence-electron chi connectivity index (χ2n) is 5.26. The molecule has 3 heteroatoms. The Labute approximate surface area is 109 Å². The third-order valence-electron chi connectivity index (χ3n) is 3.89. The number of likely N-dealkylation sites (N-methyl/N-ethyl adjacent to an activating group) is 1. The van der Waals surface area contributed by atoms with Gasteiger partial charge in [-0.05, 0) is 38.1 Å². The number of nitrogens with zero attached hydrogens (tertiary/aromatic N) is 1. The molecule has 1 aliphatic heterocycles. The zero-order valence-electron chi connectivity index (χ0n) is 11.5. The Morgan fingerprint density at radius 2 is 2.17 bits per heavy atom. The molecule has 1 atom stereocenters. The fourth-order valence-corrected chi connectivity index (χ4v) is 2.34. The third-order valence-corrected chi connectivity index (χ3v) is 3.89. The van der Waals surface area contributed by atoms with Crippen LogP contribution in [0.25, 0.3) is 0 Å². The van der Waals surface area contributed by atoms with Crippen LogP contribution in [0.15, 0.2) is 18.2 Å². The molecule has 0 radical (unpaired) electrons. The summed E-state index contributed by atoms with van der Waals surface area (Å²) in [4.78, 5) is 14.5. The average molecular weight is 246 g/mol. The molecule has 1 aliphatic rings. The maximum Gasteiger partial charge on any atom is 0.164 e. The van der Waals surface area contributed by atoms with Crippen molar-refractivity contribution in [3.8, 4) is 0 Å². The highest BCUT2D eigenvalue weighted by Gasteiger charge is 2.22. The zero-order valence-corrected chi connectivity index (χ0v) is 11.5. The number of carbonyl (C=O) groups is 1. The monoisotopic (exact) mass is 246 g/mol. The van der Waals surface area contributed by atoms with E-state index >= 15 is 0 Å². The molecule has 1 fully saturated rings. The molecule has 1 N–H and O–H groups in total. The summed E-state index contributed by atoms with van der Waals surface area (Å²) in [6.45, 7) is 7.08. The van der Waals surface area contributed by atoms with Crippen molar-refractivity contribution in [2.45, 2.75) is 26.3 Å². The summed E-state index contributed by atoms with van der Waals surface area (Å²) < 4.78 is 0. The van der Waals surface area contributed by atoms with Crippen LogP contribution in [0.5, 0.6) is 0 Å². The lowest BCUT2D eigenvalue weighted by atomic mass is 9.98. The second-order valence-corrected chi connectivity index (χ2v) is 5.26. The predicted octanol–water partition coefficient (Wildman–Crippen LogP) is 1.78. The Balaban J connectivity index is 2.04. The summed E-state index contributed by atoms with van der Waals surface area (Å²) in [5.74, 6) is 0.249. The molecule has 1 aromatic carbocycles. The van der Waals surface area contributed by atoms with E-state index in [1.165, 1.54) is 11.1 Å². The van der Waals surface area contributed by atoms with Gasteiger partial charge in [0.2, 0.25) is 0 Å². The molecule has 18 heavy (non-hydrogen) atoms. The van der Waals surface area contributed by atoms with Gasteiger partial charge >= 0.3 is 0 Å². The number of Topliss-reactive ketones (excluding diaryl/α,β-unsaturated/α-hetero) is 1. The van der Waals surface area contributed by atoms with Gasteiger partial charge in [-0.2, -0.15) is 0 Å². The quantitative estimate of drug-likeness (QED) is 0.825. The molecule has 0 bridgehead atoms. The van der Waals surface area contributed by atoms with Crippen molar-refractivity contribution in [3.05, 3.63) is 34.9 Å². The van der Waals surface area contributed by atoms with Gasteiger partial charge in [0.15, 0.2) is 5.78 Å². The van der Waals surface area contributed by atoms with Gasteiger partial charge in [-0.3, -0.25) is 4.79 Å². The number of benzene rings is 1. The number of piperazine rings is 1. The molecular weight excluding hydrogens is 224 g/mol. The van der Waals surface area contributed by atoms with Gasteiger partial charge in [0.25, 0.3) is 0 Å². The molecule has 2 rings (SSSR count). The highest BCUT2D eigenvalue weighted by molar-refractivity contribution is 5.96. The topological polar surface area (TPSA) is 32.3 Å². The first-order chi connectivity index (χ1) is 8.58. The van der Waals surface area contributed by atoms with Crippen molar-refractivity contribution >= 4 is 5.78 Å². The maximum absolute atomic E-state index is 12.3. The van der Waals surface area contributed by atoms with Crippen molar-refractivity contribution < 1.29 is 4.79 Å². The van der Waals surface area contributed by atoms with E-state index in [4.69, 9.17) is 0 Å². The summed E-state index contributed by atoms with van der Waals surface area (Å²) in [6, 6.07) is 6.31. The number of aryl methyl sites for hydroxylation is 2. The van der Waals surface area contributed by atoms with E-state index in [-0.39, 0.29) is 5.78 Å². The van der Waals surface area contributed by atoms with Crippen LogP contribution in [-0.2, 0) is 0 Å². The molecule has 0 aromatic heterocycles. The predicted molar refractivity (Wildman–Crippen MR) is 74.2 cm³/mol. The minimum absolute atomic E-state index is 0.249. The second kappa shape index (κ2) is 5.63. The first kappa shape index (κ1) is 13.2. The van der Waals surface area contributed by atoms with Crippen LogP contribution in [-0.4, -0.2) is 43.4 Å². The first-order valence-corrected chi connectivity index (χ1v) is 6.59. The number of hydrogen-bond acceptors (Lipinski definition) is 3. The molecule has 1 saturated heterocycles. The Morgan fingerprint density at radius 1 is 1.39 bits per heavy atom. The van der Waals surface area contributed by atoms with E-state index in [1.807, 2.05) is 18.2 Å². The van der Waals surface area contributed by atoms with Crippen LogP contribution in [0.1, 0.15) is 27.9 Å². The number of hydrogen-bond donors (Lipinski definition) is 1. The van der Waals surface area contributed by atoms with E-state index in [2.05, 4.69) is 31.1 Å². The Kier molecular flexibility index (Phi) is 4.15. The summed E-state index contributed by atoms with van der Waals surface area (Å²) in [7, 11) is 2.10. The minimum Gasteiger partial charge on any atom is -0.314 e. The molecule has 1 heterocycles. The fraction of sp³-hybridized carbons (Fsp3) is 0.533. The SMILES string of the molecule is Cc1ccc(C(=O)CC2CNCCN2C)cc1C. The van der Waals surface area contributed by atoms with Gasteiger partial charge in [0.1, 0.15) is 0 Å². The van der Waals surface area contributed by atoms with Crippen LogP contribution >= 0.6 is 0 Å². The molecule has 98 valence electrons. The molecule has 3 nitrogen and oxygen atoms in total. The molecule has 1 aromatic rings. The molecule has 1 unspecified atom stereocenters. The summed E-state index contributed by atoms with van der Waals surface area (Å²) in [5, 5.41) is 3.35. The van der Waals surface area contributed by atoms with E-state index in [0.717, 1.165) is 25.2 Å². The van der Waals surface area contributed by atoms with E-state index in [9.17, 15) is 4.79 Å². The lowest BCUT2D eigenvalue weighted by Crippen LogP contribution is -2.49. The Morgan fingerprint density at radius 3 is 2.83 bits per heavy atom. The molecular formula is C15H22N2O. The highest BCUT2D eigenvalue weighted by atomic mass is 16.1. The molecule has 0 saturated carbocycles. The van der Waals surface area contributed by atoms with Crippen LogP contribution in [0.2, 0.25) is 0 Å². The van der Waals surface area contributed by atoms with Crippen LogP contribution in [0.3, 0.4) is 0 Å². The Hall–Kier alpha value is -1.19. The van der Waals surface area contributed by atoms with Gasteiger partial charge in [0.05, 0.1) is 0 Å². The van der Waals surface area contributed by atoms with Gasteiger partial charge in [-0.1, -0.05) is 12.1 Å². The number of rotatable bonds is 3. The lowest BCUT2D eigenvalue weighted by molar-refractivity contribution is 0.0917. The van der Waals surface area contributed by atoms with Crippen molar-refractivity contribution in [3.63, 3.8) is 0 Å². The van der Waals surface area contributed by atoms with Gasteiger partial charge < -0.3 is 10.2 Å².